The van der Waals surface area contributed by atoms with Gasteiger partial charge in [0.25, 0.3) is 0 Å². The number of amides is 1. The maximum Gasteiger partial charge on any atom is 0.323 e. The third-order valence-corrected chi connectivity index (χ3v) is 3.50. The molecular weight excluding hydrogens is 314 g/mol. The molecule has 24 heavy (non-hydrogen) atoms. The van der Waals surface area contributed by atoms with E-state index in [4.69, 9.17) is 10.2 Å². The van der Waals surface area contributed by atoms with Crippen LogP contribution in [0.3, 0.4) is 0 Å². The minimum atomic E-state index is -1.19. The molecule has 1 amide bonds. The Morgan fingerprint density at radius 1 is 0.708 bits per heavy atom. The fraction of sp³-hybridized carbons (Fsp3) is 0.812. The lowest BCUT2D eigenvalue weighted by molar-refractivity contribution is -0.149. The van der Waals surface area contributed by atoms with E-state index in [0.29, 0.717) is 6.42 Å². The molecule has 0 unspecified atom stereocenters. The smallest absolute Gasteiger partial charge is 0.323 e. The highest BCUT2D eigenvalue weighted by atomic mass is 16.4. The highest BCUT2D eigenvalue weighted by Crippen LogP contribution is 2.11. The normalized spacial score (nSPS) is 9.54. The number of aliphatic carboxylic acids is 2. The molecule has 0 aromatic heterocycles. The van der Waals surface area contributed by atoms with Gasteiger partial charge >= 0.3 is 11.9 Å². The zero-order valence-electron chi connectivity index (χ0n) is 15.0. The molecule has 0 heterocycles. The molecule has 144 valence electrons. The van der Waals surface area contributed by atoms with E-state index in [1.807, 2.05) is 0 Å². The van der Waals surface area contributed by atoms with Gasteiger partial charge in [0.15, 0.2) is 0 Å². The van der Waals surface area contributed by atoms with Gasteiger partial charge in [0.05, 0.1) is 0 Å². The molecular formula is C16H35N3O5. The molecule has 0 saturated heterocycles. The van der Waals surface area contributed by atoms with Crippen molar-refractivity contribution in [3.05, 3.63) is 0 Å². The highest BCUT2D eigenvalue weighted by Gasteiger charge is 2.18. The lowest BCUT2D eigenvalue weighted by Gasteiger charge is -2.18. The third kappa shape index (κ3) is 16.7. The van der Waals surface area contributed by atoms with Crippen molar-refractivity contribution in [2.45, 2.75) is 71.1 Å². The maximum atomic E-state index is 11.8. The van der Waals surface area contributed by atoms with Crippen LogP contribution in [-0.2, 0) is 14.4 Å². The van der Waals surface area contributed by atoms with Gasteiger partial charge in [-0.05, 0) is 6.42 Å². The molecule has 0 aliphatic carbocycles. The van der Waals surface area contributed by atoms with Crippen LogP contribution in [-0.4, -0.2) is 46.0 Å². The van der Waals surface area contributed by atoms with Crippen LogP contribution in [0.2, 0.25) is 0 Å². The fourth-order valence-electron chi connectivity index (χ4n) is 2.30. The molecule has 0 bridgehead atoms. The first-order valence-corrected chi connectivity index (χ1v) is 8.18. The zero-order chi connectivity index (χ0) is 16.8. The molecule has 0 fully saturated rings. The summed E-state index contributed by atoms with van der Waals surface area (Å²) in [7, 11) is 0. The van der Waals surface area contributed by atoms with Gasteiger partial charge in [-0.1, -0.05) is 58.3 Å². The monoisotopic (exact) mass is 349 g/mol. The van der Waals surface area contributed by atoms with Crippen LogP contribution in [0.15, 0.2) is 0 Å². The fourth-order valence-corrected chi connectivity index (χ4v) is 2.30. The molecule has 0 aliphatic rings. The summed E-state index contributed by atoms with van der Waals surface area (Å²) in [4.78, 5) is 34.0. The predicted molar refractivity (Wildman–Crippen MR) is 93.7 cm³/mol. The van der Waals surface area contributed by atoms with Crippen molar-refractivity contribution in [2.75, 3.05) is 13.1 Å². The molecule has 0 aromatic rings. The summed E-state index contributed by atoms with van der Waals surface area (Å²) >= 11 is 0. The van der Waals surface area contributed by atoms with Crippen LogP contribution >= 0.6 is 0 Å². The summed E-state index contributed by atoms with van der Waals surface area (Å²) < 4.78 is 0. The maximum absolute atomic E-state index is 11.8. The van der Waals surface area contributed by atoms with Crippen LogP contribution in [0, 0.1) is 0 Å². The Bertz CT molecular complexity index is 335. The summed E-state index contributed by atoms with van der Waals surface area (Å²) in [5.41, 5.74) is 0. The Morgan fingerprint density at radius 2 is 1.08 bits per heavy atom. The van der Waals surface area contributed by atoms with E-state index < -0.39 is 30.9 Å². The van der Waals surface area contributed by atoms with Gasteiger partial charge in [0.2, 0.25) is 5.91 Å². The van der Waals surface area contributed by atoms with Crippen LogP contribution in [0.4, 0.5) is 0 Å². The quantitative estimate of drug-likeness (QED) is 0.349. The lowest BCUT2D eigenvalue weighted by Crippen LogP contribution is -2.39. The number of carbonyl (C=O) groups is 3. The number of unbranched alkanes of at least 4 members (excludes halogenated alkanes) is 8. The van der Waals surface area contributed by atoms with E-state index >= 15 is 0 Å². The van der Waals surface area contributed by atoms with Crippen molar-refractivity contribution in [1.29, 1.82) is 0 Å². The number of carbonyl (C=O) groups excluding carboxylic acids is 1. The van der Waals surface area contributed by atoms with E-state index in [0.717, 1.165) is 24.2 Å². The van der Waals surface area contributed by atoms with Crippen LogP contribution < -0.4 is 12.3 Å². The van der Waals surface area contributed by atoms with Crippen LogP contribution in [0.1, 0.15) is 71.1 Å². The molecule has 8 N–H and O–H groups in total. The second-order valence-corrected chi connectivity index (χ2v) is 5.62. The van der Waals surface area contributed by atoms with Crippen molar-refractivity contribution in [1.82, 2.24) is 17.2 Å². The van der Waals surface area contributed by atoms with E-state index in [1.165, 1.54) is 32.1 Å². The van der Waals surface area contributed by atoms with Crippen molar-refractivity contribution in [2.24, 2.45) is 0 Å². The summed E-state index contributed by atoms with van der Waals surface area (Å²) in [5.74, 6) is -2.78. The topological polar surface area (TPSA) is 165 Å². The molecule has 0 spiro atoms. The van der Waals surface area contributed by atoms with E-state index in [2.05, 4.69) is 6.92 Å². The number of nitrogens with zero attached hydrogens (tertiary/aromatic N) is 1. The first-order chi connectivity index (χ1) is 10.5. The average Bonchev–Trinajstić information content (AvgIpc) is 2.43. The number of rotatable bonds is 14. The molecule has 0 aliphatic heterocycles. The lowest BCUT2D eigenvalue weighted by atomic mass is 10.1. The van der Waals surface area contributed by atoms with E-state index in [1.54, 1.807) is 0 Å². The Kier molecular flexibility index (Phi) is 20.0. The Balaban J connectivity index is -0.00000220. The summed E-state index contributed by atoms with van der Waals surface area (Å²) in [5, 5.41) is 17.4. The van der Waals surface area contributed by atoms with Gasteiger partial charge in [-0.25, -0.2) is 0 Å². The average molecular weight is 349 g/mol. The van der Waals surface area contributed by atoms with Gasteiger partial charge < -0.3 is 27.4 Å². The summed E-state index contributed by atoms with van der Waals surface area (Å²) in [6.07, 6.45) is 10.4. The Morgan fingerprint density at radius 3 is 1.46 bits per heavy atom. The first-order valence-electron chi connectivity index (χ1n) is 8.18. The van der Waals surface area contributed by atoms with Crippen molar-refractivity contribution >= 4 is 17.8 Å². The molecule has 0 atom stereocenters. The van der Waals surface area contributed by atoms with Crippen molar-refractivity contribution in [3.63, 3.8) is 0 Å². The number of carboxylic acid groups (broad SMARTS) is 2. The number of carboxylic acids is 2. The zero-order valence-corrected chi connectivity index (χ0v) is 15.0. The molecule has 0 radical (unpaired) electrons. The van der Waals surface area contributed by atoms with Gasteiger partial charge in [0, 0.05) is 6.42 Å². The minimum Gasteiger partial charge on any atom is -0.480 e. The molecule has 0 saturated carbocycles. The molecule has 8 nitrogen and oxygen atoms in total. The van der Waals surface area contributed by atoms with Crippen molar-refractivity contribution in [3.8, 4) is 0 Å². The summed E-state index contributed by atoms with van der Waals surface area (Å²) in [6, 6.07) is 0. The standard InChI is InChI=1S/C16H29NO5.2H3N/c1-2-3-4-5-6-7-8-9-10-11-14(18)17(12-15(19)20)13-16(21)22;;/h2-13H2,1H3,(H,19,20)(H,21,22);2*1H3. The Hall–Kier alpha value is -1.67. The van der Waals surface area contributed by atoms with Crippen molar-refractivity contribution < 1.29 is 24.6 Å². The van der Waals surface area contributed by atoms with E-state index in [9.17, 15) is 14.4 Å². The van der Waals surface area contributed by atoms with Gasteiger partial charge in [-0.2, -0.15) is 0 Å². The Labute approximate surface area is 144 Å². The van der Waals surface area contributed by atoms with Gasteiger partial charge in [0.1, 0.15) is 13.1 Å². The molecule has 0 rings (SSSR count). The second-order valence-electron chi connectivity index (χ2n) is 5.62. The second kappa shape index (κ2) is 17.7. The SMILES string of the molecule is CCCCCCCCCCCC(=O)N(CC(=O)O)CC(=O)O.N.N. The largest absolute Gasteiger partial charge is 0.480 e. The number of hydrogen-bond donors (Lipinski definition) is 4. The van der Waals surface area contributed by atoms with Crippen LogP contribution in [0.5, 0.6) is 0 Å². The van der Waals surface area contributed by atoms with Gasteiger partial charge in [-0.3, -0.25) is 14.4 Å². The molecule has 0 aromatic carbocycles. The third-order valence-electron chi connectivity index (χ3n) is 3.50. The van der Waals surface area contributed by atoms with Gasteiger partial charge in [-0.15, -0.1) is 0 Å². The molecule has 8 heteroatoms. The summed E-state index contributed by atoms with van der Waals surface area (Å²) in [6.45, 7) is 1.08. The first kappa shape index (κ1) is 27.2. The van der Waals surface area contributed by atoms with E-state index in [-0.39, 0.29) is 18.7 Å². The van der Waals surface area contributed by atoms with Crippen LogP contribution in [0.25, 0.3) is 0 Å². The minimum absolute atomic E-state index is 0. The highest BCUT2D eigenvalue weighted by molar-refractivity contribution is 5.85. The predicted octanol–water partition coefficient (Wildman–Crippen LogP) is 3.23. The number of hydrogen-bond acceptors (Lipinski definition) is 5.